The average Bonchev–Trinajstić information content (AvgIpc) is 3.09. The van der Waals surface area contributed by atoms with Gasteiger partial charge >= 0.3 is 0 Å². The van der Waals surface area contributed by atoms with Crippen LogP contribution in [0.15, 0.2) is 0 Å². The Labute approximate surface area is 183 Å². The first-order chi connectivity index (χ1) is 14.4. The lowest BCUT2D eigenvalue weighted by molar-refractivity contribution is -0.145. The molecule has 0 amide bonds. The third-order valence-corrected chi connectivity index (χ3v) is 11.8. The molecule has 6 fully saturated rings. The number of aliphatic hydroxyl groups excluding tert-OH is 1. The van der Waals surface area contributed by atoms with Crippen LogP contribution < -0.4 is 0 Å². The normalized spacial score (nSPS) is 58.3. The largest absolute Gasteiger partial charge is 0.393 e. The molecule has 168 valence electrons. The summed E-state index contributed by atoms with van der Waals surface area (Å²) >= 11 is 0. The van der Waals surface area contributed by atoms with Gasteiger partial charge in [-0.15, -0.1) is 0 Å². The number of rotatable bonds is 0. The lowest BCUT2D eigenvalue weighted by Crippen LogP contribution is -2.58. The number of fused-ring (bicyclic) bond motifs is 8. The van der Waals surface area contributed by atoms with Gasteiger partial charge < -0.3 is 5.11 Å². The summed E-state index contributed by atoms with van der Waals surface area (Å²) < 4.78 is 0. The van der Waals surface area contributed by atoms with Crippen LogP contribution in [0.4, 0.5) is 0 Å². The van der Waals surface area contributed by atoms with Gasteiger partial charge in [0.1, 0.15) is 5.78 Å². The number of ketones is 1. The average molecular weight is 414 g/mol. The molecule has 3 heteroatoms. The summed E-state index contributed by atoms with van der Waals surface area (Å²) in [4.78, 5) is 16.1. The molecule has 12 atom stereocenters. The number of hydrogen-bond acceptors (Lipinski definition) is 3. The fourth-order valence-corrected chi connectivity index (χ4v) is 10.3. The van der Waals surface area contributed by atoms with Gasteiger partial charge in [0.15, 0.2) is 0 Å². The van der Waals surface area contributed by atoms with E-state index < -0.39 is 0 Å². The van der Waals surface area contributed by atoms with Crippen molar-refractivity contribution in [3.63, 3.8) is 0 Å². The molecule has 0 radical (unpaired) electrons. The van der Waals surface area contributed by atoms with Crippen molar-refractivity contribution in [2.24, 2.45) is 58.7 Å². The van der Waals surface area contributed by atoms with Crippen LogP contribution in [0.25, 0.3) is 0 Å². The van der Waals surface area contributed by atoms with Crippen molar-refractivity contribution >= 4 is 5.78 Å². The van der Waals surface area contributed by atoms with Crippen molar-refractivity contribution in [3.8, 4) is 0 Å². The third-order valence-electron chi connectivity index (χ3n) is 11.8. The number of Topliss-reactive ketones (excluding diaryl/α,β-unsaturated/α-hetero) is 1. The SMILES string of the molecule is C[C@H]1CC[C@H]2[C@H](C)[C@@H]3CCC4[C@@H](C[C@H]5[C@H]4CC(=O)[C@H]4C[C@@H](O)CC[C@@]45C)[C@@H]3CN2C1. The zero-order valence-electron chi connectivity index (χ0n) is 19.4. The maximum Gasteiger partial charge on any atom is 0.136 e. The quantitative estimate of drug-likeness (QED) is 0.622. The van der Waals surface area contributed by atoms with Crippen LogP contribution in [0.1, 0.15) is 78.6 Å². The Morgan fingerprint density at radius 1 is 0.900 bits per heavy atom. The molecule has 1 N–H and O–H groups in total. The minimum atomic E-state index is -0.242. The summed E-state index contributed by atoms with van der Waals surface area (Å²) in [6.45, 7) is 10.1. The molecule has 0 spiro atoms. The number of carbonyl (C=O) groups excluding carboxylic acids is 1. The first-order valence-corrected chi connectivity index (χ1v) is 13.3. The zero-order valence-corrected chi connectivity index (χ0v) is 19.4. The minimum absolute atomic E-state index is 0.135. The van der Waals surface area contributed by atoms with Crippen molar-refractivity contribution in [2.75, 3.05) is 13.1 Å². The molecule has 0 aromatic carbocycles. The zero-order chi connectivity index (χ0) is 20.8. The molecule has 2 aliphatic heterocycles. The molecule has 6 aliphatic rings. The molecule has 0 bridgehead atoms. The van der Waals surface area contributed by atoms with E-state index in [1.54, 1.807) is 0 Å². The fraction of sp³-hybridized carbons (Fsp3) is 0.963. The number of hydrogen-bond donors (Lipinski definition) is 1. The highest BCUT2D eigenvalue weighted by Crippen LogP contribution is 2.66. The summed E-state index contributed by atoms with van der Waals surface area (Å²) in [5.74, 6) is 7.19. The van der Waals surface area contributed by atoms with Gasteiger partial charge in [-0.25, -0.2) is 0 Å². The van der Waals surface area contributed by atoms with Crippen LogP contribution in [0.3, 0.4) is 0 Å². The molecule has 6 rings (SSSR count). The highest BCUT2D eigenvalue weighted by Gasteiger charge is 2.62. The first kappa shape index (κ1) is 20.2. The monoisotopic (exact) mass is 413 g/mol. The van der Waals surface area contributed by atoms with Crippen molar-refractivity contribution in [1.82, 2.24) is 4.90 Å². The molecular weight excluding hydrogens is 370 g/mol. The van der Waals surface area contributed by atoms with Crippen LogP contribution in [0, 0.1) is 58.7 Å². The van der Waals surface area contributed by atoms with Crippen molar-refractivity contribution < 1.29 is 9.90 Å². The van der Waals surface area contributed by atoms with E-state index in [1.807, 2.05) is 0 Å². The third kappa shape index (κ3) is 2.79. The number of aliphatic hydroxyl groups is 1. The maximum atomic E-state index is 13.2. The topological polar surface area (TPSA) is 40.5 Å². The lowest BCUT2D eigenvalue weighted by Gasteiger charge is -2.56. The second-order valence-electron chi connectivity index (χ2n) is 13.0. The van der Waals surface area contributed by atoms with Crippen LogP contribution in [-0.4, -0.2) is 41.0 Å². The van der Waals surface area contributed by atoms with Gasteiger partial charge in [0, 0.05) is 31.5 Å². The first-order valence-electron chi connectivity index (χ1n) is 13.3. The Kier molecular flexibility index (Phi) is 4.75. The predicted octanol–water partition coefficient (Wildman–Crippen LogP) is 4.77. The number of nitrogens with zero attached hydrogens (tertiary/aromatic N) is 1. The number of piperidine rings is 2. The van der Waals surface area contributed by atoms with Crippen molar-refractivity contribution in [2.45, 2.75) is 90.7 Å². The molecular formula is C27H43NO2. The van der Waals surface area contributed by atoms with E-state index in [1.165, 1.54) is 45.2 Å². The van der Waals surface area contributed by atoms with Crippen molar-refractivity contribution in [1.29, 1.82) is 0 Å². The van der Waals surface area contributed by atoms with E-state index in [4.69, 9.17) is 0 Å². The van der Waals surface area contributed by atoms with Crippen molar-refractivity contribution in [3.05, 3.63) is 0 Å². The summed E-state index contributed by atoms with van der Waals surface area (Å²) in [5.41, 5.74) is 0.161. The van der Waals surface area contributed by atoms with E-state index in [0.717, 1.165) is 73.2 Å². The van der Waals surface area contributed by atoms with Crippen LogP contribution in [0.2, 0.25) is 0 Å². The van der Waals surface area contributed by atoms with E-state index in [9.17, 15) is 9.90 Å². The van der Waals surface area contributed by atoms with E-state index >= 15 is 0 Å². The minimum Gasteiger partial charge on any atom is -0.393 e. The smallest absolute Gasteiger partial charge is 0.136 e. The Bertz CT molecular complexity index is 705. The second kappa shape index (κ2) is 7.04. The highest BCUT2D eigenvalue weighted by molar-refractivity contribution is 5.83. The number of carbonyl (C=O) groups is 1. The summed E-state index contributed by atoms with van der Waals surface area (Å²) in [6.07, 6.45) is 10.3. The highest BCUT2D eigenvalue weighted by atomic mass is 16.3. The van der Waals surface area contributed by atoms with E-state index in [-0.39, 0.29) is 17.4 Å². The van der Waals surface area contributed by atoms with Gasteiger partial charge in [0.05, 0.1) is 6.10 Å². The predicted molar refractivity (Wildman–Crippen MR) is 119 cm³/mol. The summed E-state index contributed by atoms with van der Waals surface area (Å²) in [5, 5.41) is 10.3. The van der Waals surface area contributed by atoms with Gasteiger partial charge in [-0.2, -0.15) is 0 Å². The van der Waals surface area contributed by atoms with Gasteiger partial charge in [0.2, 0.25) is 0 Å². The molecule has 2 heterocycles. The summed E-state index contributed by atoms with van der Waals surface area (Å²) in [6, 6.07) is 0.839. The standard InChI is InChI=1S/C27H43NO2/c1-15-4-7-25-16(2)18-5-6-19-20(22(18)14-28(25)13-15)11-23-21(19)12-26(30)24-10-17(29)8-9-27(23,24)3/h15-25,29H,4-14H2,1-3H3/t15-,16+,17-,18-,19?,20+,21-,22+,23-,24+,25-,27+/m0/s1. The van der Waals surface area contributed by atoms with Crippen LogP contribution in [-0.2, 0) is 4.79 Å². The summed E-state index contributed by atoms with van der Waals surface area (Å²) in [7, 11) is 0. The molecule has 0 aromatic heterocycles. The molecule has 1 unspecified atom stereocenters. The maximum absolute atomic E-state index is 13.2. The Morgan fingerprint density at radius 2 is 1.70 bits per heavy atom. The Hall–Kier alpha value is -0.410. The second-order valence-corrected chi connectivity index (χ2v) is 13.0. The Morgan fingerprint density at radius 3 is 2.53 bits per heavy atom. The van der Waals surface area contributed by atoms with E-state index in [2.05, 4.69) is 25.7 Å². The Balaban J connectivity index is 1.28. The van der Waals surface area contributed by atoms with Crippen LogP contribution >= 0.6 is 0 Å². The molecule has 2 saturated heterocycles. The van der Waals surface area contributed by atoms with Gasteiger partial charge in [-0.1, -0.05) is 20.8 Å². The molecule has 4 saturated carbocycles. The molecule has 0 aromatic rings. The molecule has 30 heavy (non-hydrogen) atoms. The van der Waals surface area contributed by atoms with Gasteiger partial charge in [-0.3, -0.25) is 9.69 Å². The lowest BCUT2D eigenvalue weighted by atomic mass is 9.51. The van der Waals surface area contributed by atoms with E-state index in [0.29, 0.717) is 11.7 Å². The fourth-order valence-electron chi connectivity index (χ4n) is 10.3. The van der Waals surface area contributed by atoms with Gasteiger partial charge in [-0.05, 0) is 104 Å². The molecule has 4 aliphatic carbocycles. The van der Waals surface area contributed by atoms with Gasteiger partial charge in [0.25, 0.3) is 0 Å². The molecule has 3 nitrogen and oxygen atoms in total. The van der Waals surface area contributed by atoms with Crippen LogP contribution in [0.5, 0.6) is 0 Å².